The van der Waals surface area contributed by atoms with Crippen molar-refractivity contribution in [2.24, 2.45) is 0 Å². The third-order valence-corrected chi connectivity index (χ3v) is 2.49. The first-order chi connectivity index (χ1) is 9.64. The number of pyridine rings is 1. The average Bonchev–Trinajstić information content (AvgIpc) is 2.32. The second-order valence-electron chi connectivity index (χ2n) is 5.60. The summed E-state index contributed by atoms with van der Waals surface area (Å²) in [5.74, 6) is 0.155. The quantitative estimate of drug-likeness (QED) is 0.679. The summed E-state index contributed by atoms with van der Waals surface area (Å²) in [4.78, 5) is 16.0. The van der Waals surface area contributed by atoms with E-state index in [1.54, 1.807) is 40.1 Å². The number of rotatable bonds is 3. The van der Waals surface area contributed by atoms with Gasteiger partial charge in [0.2, 0.25) is 0 Å². The molecule has 0 aliphatic carbocycles. The molecule has 0 saturated heterocycles. The van der Waals surface area contributed by atoms with Gasteiger partial charge in [-0.05, 0) is 39.3 Å². The monoisotopic (exact) mass is 293 g/mol. The zero-order chi connectivity index (χ0) is 16.2. The van der Waals surface area contributed by atoms with Gasteiger partial charge in [-0.2, -0.15) is 0 Å². The van der Waals surface area contributed by atoms with E-state index in [1.807, 2.05) is 6.92 Å². The first-order valence-electron chi connectivity index (χ1n) is 6.54. The molecule has 0 aromatic carbocycles. The SMILES string of the molecule is CN/C=C(\C)c1cc(NC(=O)OC(C)(C)C)c(N)c(N)n1. The Morgan fingerprint density at radius 2 is 2.00 bits per heavy atom. The summed E-state index contributed by atoms with van der Waals surface area (Å²) in [5.41, 5.74) is 13.1. The number of nitrogens with two attached hydrogens (primary N) is 2. The molecule has 1 rings (SSSR count). The van der Waals surface area contributed by atoms with Crippen LogP contribution in [0.4, 0.5) is 22.0 Å². The molecule has 0 fully saturated rings. The van der Waals surface area contributed by atoms with Crippen LogP contribution in [0.1, 0.15) is 33.4 Å². The van der Waals surface area contributed by atoms with E-state index in [9.17, 15) is 4.79 Å². The zero-order valence-corrected chi connectivity index (χ0v) is 13.1. The molecule has 0 radical (unpaired) electrons. The van der Waals surface area contributed by atoms with E-state index in [1.165, 1.54) is 0 Å². The van der Waals surface area contributed by atoms with Crippen LogP contribution in [0.15, 0.2) is 12.3 Å². The van der Waals surface area contributed by atoms with Crippen LogP contribution in [0, 0.1) is 0 Å². The molecular formula is C14H23N5O2. The number of allylic oxidation sites excluding steroid dienone is 1. The molecule has 0 saturated carbocycles. The first kappa shape index (κ1) is 16.6. The van der Waals surface area contributed by atoms with Crippen molar-refractivity contribution in [1.82, 2.24) is 10.3 Å². The van der Waals surface area contributed by atoms with E-state index >= 15 is 0 Å². The van der Waals surface area contributed by atoms with Crippen molar-refractivity contribution < 1.29 is 9.53 Å². The van der Waals surface area contributed by atoms with Crippen molar-refractivity contribution >= 4 is 28.9 Å². The highest BCUT2D eigenvalue weighted by Gasteiger charge is 2.18. The van der Waals surface area contributed by atoms with Gasteiger partial charge in [0, 0.05) is 13.2 Å². The molecule has 7 nitrogen and oxygen atoms in total. The molecule has 1 amide bonds. The number of anilines is 3. The lowest BCUT2D eigenvalue weighted by molar-refractivity contribution is 0.0636. The molecule has 0 bridgehead atoms. The third kappa shape index (κ3) is 4.87. The average molecular weight is 293 g/mol. The van der Waals surface area contributed by atoms with Crippen LogP contribution in [-0.2, 0) is 4.74 Å². The minimum atomic E-state index is -0.596. The summed E-state index contributed by atoms with van der Waals surface area (Å²) in [7, 11) is 1.78. The molecule has 0 aliphatic rings. The van der Waals surface area contributed by atoms with Gasteiger partial charge in [-0.3, -0.25) is 5.32 Å². The molecule has 1 aromatic heterocycles. The Kier molecular flexibility index (Phi) is 5.02. The van der Waals surface area contributed by atoms with Crippen LogP contribution in [0.3, 0.4) is 0 Å². The Balaban J connectivity index is 3.07. The highest BCUT2D eigenvalue weighted by molar-refractivity contribution is 5.92. The second kappa shape index (κ2) is 6.34. The maximum atomic E-state index is 11.8. The van der Waals surface area contributed by atoms with E-state index in [2.05, 4.69) is 15.6 Å². The van der Waals surface area contributed by atoms with Crippen molar-refractivity contribution in [3.05, 3.63) is 18.0 Å². The van der Waals surface area contributed by atoms with Gasteiger partial charge >= 0.3 is 6.09 Å². The Labute approximate surface area is 124 Å². The number of carbonyl (C=O) groups excluding carboxylic acids is 1. The number of aromatic nitrogens is 1. The topological polar surface area (TPSA) is 115 Å². The Morgan fingerprint density at radius 1 is 1.38 bits per heavy atom. The minimum absolute atomic E-state index is 0.155. The van der Waals surface area contributed by atoms with Crippen molar-refractivity contribution in [3.63, 3.8) is 0 Å². The zero-order valence-electron chi connectivity index (χ0n) is 13.1. The van der Waals surface area contributed by atoms with Crippen molar-refractivity contribution in [1.29, 1.82) is 0 Å². The number of nitrogen functional groups attached to an aromatic ring is 2. The standard InChI is InChI=1S/C14H23N5O2/c1-8(7-17-5)9-6-10(11(15)12(16)18-9)19-13(20)21-14(2,3)4/h6-7,17H,15H2,1-5H3,(H3,16,18,19,20)/b8-7+. The van der Waals surface area contributed by atoms with Crippen LogP contribution in [0.2, 0.25) is 0 Å². The first-order valence-corrected chi connectivity index (χ1v) is 6.54. The van der Waals surface area contributed by atoms with Gasteiger partial charge in [0.1, 0.15) is 11.4 Å². The fourth-order valence-electron chi connectivity index (χ4n) is 1.58. The Morgan fingerprint density at radius 3 is 2.52 bits per heavy atom. The number of nitrogens with zero attached hydrogens (tertiary/aromatic N) is 1. The van der Waals surface area contributed by atoms with Crippen molar-refractivity contribution in [2.45, 2.75) is 33.3 Å². The summed E-state index contributed by atoms with van der Waals surface area (Å²) in [6.07, 6.45) is 1.18. The molecule has 6 N–H and O–H groups in total. The molecule has 7 heteroatoms. The molecule has 116 valence electrons. The van der Waals surface area contributed by atoms with Crippen molar-refractivity contribution in [2.75, 3.05) is 23.8 Å². The van der Waals surface area contributed by atoms with E-state index in [0.29, 0.717) is 11.4 Å². The largest absolute Gasteiger partial charge is 0.444 e. The van der Waals surface area contributed by atoms with Gasteiger partial charge in [0.05, 0.1) is 17.1 Å². The summed E-state index contributed by atoms with van der Waals surface area (Å²) in [5, 5.41) is 5.50. The predicted molar refractivity (Wildman–Crippen MR) is 85.6 cm³/mol. The molecule has 0 atom stereocenters. The number of amides is 1. The predicted octanol–water partition coefficient (Wildman–Crippen LogP) is 2.17. The van der Waals surface area contributed by atoms with Gasteiger partial charge in [-0.1, -0.05) is 0 Å². The highest BCUT2D eigenvalue weighted by Crippen LogP contribution is 2.27. The maximum absolute atomic E-state index is 11.8. The lowest BCUT2D eigenvalue weighted by Crippen LogP contribution is -2.27. The highest BCUT2D eigenvalue weighted by atomic mass is 16.6. The van der Waals surface area contributed by atoms with Gasteiger partial charge in [0.25, 0.3) is 0 Å². The van der Waals surface area contributed by atoms with Gasteiger partial charge in [-0.25, -0.2) is 9.78 Å². The molecular weight excluding hydrogens is 270 g/mol. The van der Waals surface area contributed by atoms with Crippen LogP contribution < -0.4 is 22.1 Å². The lowest BCUT2D eigenvalue weighted by atomic mass is 10.1. The summed E-state index contributed by atoms with van der Waals surface area (Å²) in [6.45, 7) is 7.21. The van der Waals surface area contributed by atoms with Gasteiger partial charge < -0.3 is 21.5 Å². The van der Waals surface area contributed by atoms with Crippen LogP contribution in [-0.4, -0.2) is 23.7 Å². The van der Waals surface area contributed by atoms with E-state index in [-0.39, 0.29) is 11.5 Å². The van der Waals surface area contributed by atoms with E-state index in [4.69, 9.17) is 16.2 Å². The Hall–Kier alpha value is -2.44. The van der Waals surface area contributed by atoms with E-state index in [0.717, 1.165) is 5.57 Å². The number of hydrogen-bond donors (Lipinski definition) is 4. The fraction of sp³-hybridized carbons (Fsp3) is 0.429. The molecule has 0 spiro atoms. The molecule has 21 heavy (non-hydrogen) atoms. The fourth-order valence-corrected chi connectivity index (χ4v) is 1.58. The van der Waals surface area contributed by atoms with Crippen molar-refractivity contribution in [3.8, 4) is 0 Å². The van der Waals surface area contributed by atoms with E-state index < -0.39 is 11.7 Å². The lowest BCUT2D eigenvalue weighted by Gasteiger charge is -2.20. The number of nitrogens with one attached hydrogen (secondary N) is 2. The molecule has 0 aliphatic heterocycles. The molecule has 1 aromatic rings. The van der Waals surface area contributed by atoms with Crippen LogP contribution in [0.5, 0.6) is 0 Å². The molecule has 0 unspecified atom stereocenters. The Bertz CT molecular complexity index is 561. The third-order valence-electron chi connectivity index (χ3n) is 2.49. The van der Waals surface area contributed by atoms with Crippen LogP contribution in [0.25, 0.3) is 5.57 Å². The smallest absolute Gasteiger partial charge is 0.412 e. The number of hydrogen-bond acceptors (Lipinski definition) is 6. The number of carbonyl (C=O) groups is 1. The molecule has 1 heterocycles. The second-order valence-corrected chi connectivity index (χ2v) is 5.60. The van der Waals surface area contributed by atoms with Gasteiger partial charge in [0.15, 0.2) is 0 Å². The van der Waals surface area contributed by atoms with Gasteiger partial charge in [-0.15, -0.1) is 0 Å². The minimum Gasteiger partial charge on any atom is -0.444 e. The summed E-state index contributed by atoms with van der Waals surface area (Å²) >= 11 is 0. The number of ether oxygens (including phenoxy) is 1. The maximum Gasteiger partial charge on any atom is 0.412 e. The normalized spacial score (nSPS) is 12.0. The summed E-state index contributed by atoms with van der Waals surface area (Å²) in [6, 6.07) is 1.65. The summed E-state index contributed by atoms with van der Waals surface area (Å²) < 4.78 is 5.19. The van der Waals surface area contributed by atoms with Crippen LogP contribution >= 0.6 is 0 Å².